The van der Waals surface area contributed by atoms with Crippen LogP contribution in [0.15, 0.2) is 0 Å². The minimum atomic E-state index is -0.262. The molecule has 0 aromatic rings. The summed E-state index contributed by atoms with van der Waals surface area (Å²) in [6.45, 7) is 8.12. The van der Waals surface area contributed by atoms with E-state index >= 15 is 0 Å². The molecule has 0 saturated carbocycles. The average molecular weight is 176 g/mol. The highest BCUT2D eigenvalue weighted by atomic mass is 19.1. The van der Waals surface area contributed by atoms with E-state index in [-0.39, 0.29) is 14.1 Å². The first-order valence-electron chi connectivity index (χ1n) is 4.75. The zero-order valence-electron chi connectivity index (χ0n) is 8.18. The smallest absolute Gasteiger partial charge is 0.106 e. The normalized spacial score (nSPS) is 38.5. The quantitative estimate of drug-likeness (QED) is 0.681. The van der Waals surface area contributed by atoms with Crippen LogP contribution in [0, 0.1) is 0 Å². The number of piperazine rings is 1. The molecule has 1 aliphatic heterocycles. The first-order valence-corrected chi connectivity index (χ1v) is 4.75. The standard InChI is InChI=1S/C9H19FN2.H2/c1-4-12-6-7(2)11-9(5-10)8(12)3;/h7-9,11H,4-6H2,1-3H3;1H/t7-,8-,9-;/m0./s1. The molecule has 3 heteroatoms. The molecule has 0 aromatic carbocycles. The summed E-state index contributed by atoms with van der Waals surface area (Å²) in [4.78, 5) is 2.32. The van der Waals surface area contributed by atoms with Crippen LogP contribution in [0.4, 0.5) is 4.39 Å². The molecule has 1 rings (SSSR count). The van der Waals surface area contributed by atoms with Crippen molar-refractivity contribution in [1.82, 2.24) is 10.2 Å². The van der Waals surface area contributed by atoms with E-state index in [0.717, 1.165) is 13.1 Å². The van der Waals surface area contributed by atoms with Crippen molar-refractivity contribution in [2.24, 2.45) is 0 Å². The average Bonchev–Trinajstić information content (AvgIpc) is 2.08. The van der Waals surface area contributed by atoms with Crippen LogP contribution in [0.2, 0.25) is 0 Å². The van der Waals surface area contributed by atoms with E-state index in [1.165, 1.54) is 0 Å². The number of halogens is 1. The predicted octanol–water partition coefficient (Wildman–Crippen LogP) is 1.27. The summed E-state index contributed by atoms with van der Waals surface area (Å²) in [5.41, 5.74) is 0. The van der Waals surface area contributed by atoms with Crippen LogP contribution in [-0.2, 0) is 0 Å². The van der Waals surface area contributed by atoms with Crippen molar-refractivity contribution in [3.63, 3.8) is 0 Å². The highest BCUT2D eigenvalue weighted by Crippen LogP contribution is 2.12. The summed E-state index contributed by atoms with van der Waals surface area (Å²) in [6, 6.07) is 0.770. The molecule has 0 unspecified atom stereocenters. The lowest BCUT2D eigenvalue weighted by molar-refractivity contribution is 0.0976. The van der Waals surface area contributed by atoms with Gasteiger partial charge in [-0.25, -0.2) is 4.39 Å². The molecule has 1 N–H and O–H groups in total. The Balaban J connectivity index is 0.00000144. The number of likely N-dealkylation sites (N-methyl/N-ethyl adjacent to an activating group) is 1. The monoisotopic (exact) mass is 176 g/mol. The second-order valence-electron chi connectivity index (χ2n) is 3.66. The number of hydrogen-bond donors (Lipinski definition) is 1. The minimum absolute atomic E-state index is 0. The van der Waals surface area contributed by atoms with Crippen LogP contribution in [0.1, 0.15) is 22.2 Å². The van der Waals surface area contributed by atoms with Gasteiger partial charge in [0.2, 0.25) is 0 Å². The van der Waals surface area contributed by atoms with Crippen molar-refractivity contribution in [2.45, 2.75) is 38.9 Å². The van der Waals surface area contributed by atoms with E-state index in [0.29, 0.717) is 12.1 Å². The zero-order valence-corrected chi connectivity index (χ0v) is 8.18. The minimum Gasteiger partial charge on any atom is -0.306 e. The summed E-state index contributed by atoms with van der Waals surface area (Å²) >= 11 is 0. The fourth-order valence-corrected chi connectivity index (χ4v) is 1.92. The maximum atomic E-state index is 12.5. The van der Waals surface area contributed by atoms with Gasteiger partial charge in [0.15, 0.2) is 0 Å². The van der Waals surface area contributed by atoms with E-state index in [4.69, 9.17) is 0 Å². The first-order chi connectivity index (χ1) is 5.69. The van der Waals surface area contributed by atoms with Gasteiger partial charge in [0.25, 0.3) is 0 Å². The fraction of sp³-hybridized carbons (Fsp3) is 1.00. The lowest BCUT2D eigenvalue weighted by atomic mass is 10.0. The molecular weight excluding hydrogens is 155 g/mol. The number of nitrogens with one attached hydrogen (secondary N) is 1. The summed E-state index contributed by atoms with van der Waals surface area (Å²) < 4.78 is 12.5. The van der Waals surface area contributed by atoms with Crippen LogP contribution in [0.5, 0.6) is 0 Å². The van der Waals surface area contributed by atoms with Crippen LogP contribution in [0.25, 0.3) is 0 Å². The summed E-state index contributed by atoms with van der Waals surface area (Å²) in [6.07, 6.45) is 0. The van der Waals surface area contributed by atoms with E-state index in [2.05, 4.69) is 31.0 Å². The maximum absolute atomic E-state index is 12.5. The van der Waals surface area contributed by atoms with Gasteiger partial charge in [-0.3, -0.25) is 4.90 Å². The number of rotatable bonds is 2. The molecule has 1 aliphatic rings. The lowest BCUT2D eigenvalue weighted by Gasteiger charge is -2.41. The van der Waals surface area contributed by atoms with Crippen LogP contribution < -0.4 is 5.32 Å². The van der Waals surface area contributed by atoms with Crippen molar-refractivity contribution in [2.75, 3.05) is 19.8 Å². The third kappa shape index (κ3) is 1.96. The van der Waals surface area contributed by atoms with Crippen molar-refractivity contribution in [1.29, 1.82) is 0 Å². The van der Waals surface area contributed by atoms with Crippen molar-refractivity contribution in [3.05, 3.63) is 0 Å². The maximum Gasteiger partial charge on any atom is 0.106 e. The lowest BCUT2D eigenvalue weighted by Crippen LogP contribution is -2.61. The summed E-state index contributed by atoms with van der Waals surface area (Å²) in [5.74, 6) is 0. The van der Waals surface area contributed by atoms with E-state index in [1.807, 2.05) is 0 Å². The van der Waals surface area contributed by atoms with Gasteiger partial charge in [-0.1, -0.05) is 6.92 Å². The molecule has 0 aliphatic carbocycles. The second kappa shape index (κ2) is 4.19. The van der Waals surface area contributed by atoms with Gasteiger partial charge in [0.1, 0.15) is 6.67 Å². The highest BCUT2D eigenvalue weighted by Gasteiger charge is 2.29. The first kappa shape index (κ1) is 9.93. The number of alkyl halides is 1. The van der Waals surface area contributed by atoms with Gasteiger partial charge in [-0.2, -0.15) is 0 Å². The Hall–Kier alpha value is -0.150. The van der Waals surface area contributed by atoms with E-state index in [1.54, 1.807) is 0 Å². The van der Waals surface area contributed by atoms with Crippen LogP contribution in [-0.4, -0.2) is 42.8 Å². The van der Waals surface area contributed by atoms with Crippen molar-refractivity contribution in [3.8, 4) is 0 Å². The van der Waals surface area contributed by atoms with E-state index in [9.17, 15) is 4.39 Å². The molecule has 12 heavy (non-hydrogen) atoms. The zero-order chi connectivity index (χ0) is 9.14. The molecule has 0 spiro atoms. The molecule has 0 aromatic heterocycles. The van der Waals surface area contributed by atoms with Gasteiger partial charge in [-0.05, 0) is 20.4 Å². The van der Waals surface area contributed by atoms with Gasteiger partial charge in [0, 0.05) is 20.1 Å². The summed E-state index contributed by atoms with van der Waals surface area (Å²) in [7, 11) is 0. The number of nitrogens with zero attached hydrogens (tertiary/aromatic N) is 1. The van der Waals surface area contributed by atoms with Gasteiger partial charge in [-0.15, -0.1) is 0 Å². The Morgan fingerprint density at radius 2 is 2.25 bits per heavy atom. The molecule has 74 valence electrons. The van der Waals surface area contributed by atoms with Crippen molar-refractivity contribution >= 4 is 0 Å². The molecule has 2 nitrogen and oxygen atoms in total. The summed E-state index contributed by atoms with van der Waals surface area (Å²) in [5, 5.41) is 3.26. The molecule has 0 bridgehead atoms. The SMILES string of the molecule is CCN1C[C@H](C)N[C@@H](CF)[C@@H]1C.[HH]. The largest absolute Gasteiger partial charge is 0.306 e. The van der Waals surface area contributed by atoms with Gasteiger partial charge >= 0.3 is 0 Å². The Kier molecular flexibility index (Phi) is 3.47. The Morgan fingerprint density at radius 1 is 1.58 bits per heavy atom. The molecule has 0 amide bonds. The molecular formula is C9H21FN2. The second-order valence-corrected chi connectivity index (χ2v) is 3.66. The molecule has 1 fully saturated rings. The molecule has 1 heterocycles. The van der Waals surface area contributed by atoms with E-state index < -0.39 is 0 Å². The van der Waals surface area contributed by atoms with Crippen molar-refractivity contribution < 1.29 is 5.82 Å². The fourth-order valence-electron chi connectivity index (χ4n) is 1.92. The van der Waals surface area contributed by atoms with Gasteiger partial charge in [0.05, 0.1) is 6.04 Å². The number of hydrogen-bond acceptors (Lipinski definition) is 2. The molecule has 0 radical (unpaired) electrons. The topological polar surface area (TPSA) is 15.3 Å². The molecule has 3 atom stereocenters. The Bertz CT molecular complexity index is 132. The third-order valence-electron chi connectivity index (χ3n) is 2.74. The predicted molar refractivity (Wildman–Crippen MR) is 51.2 cm³/mol. The van der Waals surface area contributed by atoms with Crippen LogP contribution >= 0.6 is 0 Å². The Morgan fingerprint density at radius 3 is 2.75 bits per heavy atom. The molecule has 1 saturated heterocycles. The highest BCUT2D eigenvalue weighted by molar-refractivity contribution is 4.89. The van der Waals surface area contributed by atoms with Crippen LogP contribution in [0.3, 0.4) is 0 Å². The third-order valence-corrected chi connectivity index (χ3v) is 2.74. The Labute approximate surface area is 75.6 Å². The van der Waals surface area contributed by atoms with Gasteiger partial charge < -0.3 is 5.32 Å².